The van der Waals surface area contributed by atoms with Crippen LogP contribution >= 0.6 is 0 Å². The lowest BCUT2D eigenvalue weighted by Gasteiger charge is -2.12. The summed E-state index contributed by atoms with van der Waals surface area (Å²) < 4.78 is 48.4. The van der Waals surface area contributed by atoms with Crippen molar-refractivity contribution >= 4 is 5.69 Å². The zero-order valence-electron chi connectivity index (χ0n) is 11.3. The maximum atomic E-state index is 12.7. The number of benzene rings is 2. The first-order valence-corrected chi connectivity index (χ1v) is 6.12. The van der Waals surface area contributed by atoms with Gasteiger partial charge in [0.25, 0.3) is 0 Å². The van der Waals surface area contributed by atoms with E-state index in [0.29, 0.717) is 5.75 Å². The number of halogens is 3. The van der Waals surface area contributed by atoms with Crippen LogP contribution in [0, 0.1) is 0 Å². The van der Waals surface area contributed by atoms with Crippen LogP contribution in [0.2, 0.25) is 0 Å². The lowest BCUT2D eigenvalue weighted by Crippen LogP contribution is -2.06. The van der Waals surface area contributed by atoms with Crippen molar-refractivity contribution in [3.63, 3.8) is 0 Å². The Hall–Kier alpha value is -2.37. The predicted octanol–water partition coefficient (Wildman–Crippen LogP) is 3.88. The van der Waals surface area contributed by atoms with E-state index in [2.05, 4.69) is 0 Å². The lowest BCUT2D eigenvalue weighted by molar-refractivity contribution is -0.137. The maximum Gasteiger partial charge on any atom is 0.416 e. The molecule has 6 heteroatoms. The largest absolute Gasteiger partial charge is 0.497 e. The zero-order valence-corrected chi connectivity index (χ0v) is 11.3. The standard InChI is InChI=1S/C15H14F3NO2/c1-20-13-4-2-10(3-5-13)9-21-14-7-11(15(16,17)18)6-12(19)8-14/h2-8H,9,19H2,1H3. The third-order valence-corrected chi connectivity index (χ3v) is 2.82. The minimum Gasteiger partial charge on any atom is -0.497 e. The molecule has 0 fully saturated rings. The van der Waals surface area contributed by atoms with Crippen LogP contribution < -0.4 is 15.2 Å². The molecule has 3 nitrogen and oxygen atoms in total. The molecule has 21 heavy (non-hydrogen) atoms. The van der Waals surface area contributed by atoms with Gasteiger partial charge in [-0.15, -0.1) is 0 Å². The smallest absolute Gasteiger partial charge is 0.416 e. The third-order valence-electron chi connectivity index (χ3n) is 2.82. The summed E-state index contributed by atoms with van der Waals surface area (Å²) in [6.45, 7) is 0.144. The number of hydrogen-bond donors (Lipinski definition) is 1. The fraction of sp³-hybridized carbons (Fsp3) is 0.200. The van der Waals surface area contributed by atoms with Gasteiger partial charge in [-0.1, -0.05) is 12.1 Å². The Morgan fingerprint density at radius 3 is 2.24 bits per heavy atom. The highest BCUT2D eigenvalue weighted by Crippen LogP contribution is 2.33. The van der Waals surface area contributed by atoms with Crippen molar-refractivity contribution in [1.82, 2.24) is 0 Å². The fourth-order valence-electron chi connectivity index (χ4n) is 1.76. The van der Waals surface area contributed by atoms with Crippen LogP contribution in [0.4, 0.5) is 18.9 Å². The minimum absolute atomic E-state index is 0.00885. The molecule has 0 bridgehead atoms. The fourth-order valence-corrected chi connectivity index (χ4v) is 1.76. The van der Waals surface area contributed by atoms with Crippen molar-refractivity contribution in [1.29, 1.82) is 0 Å². The first kappa shape index (κ1) is 15.0. The summed E-state index contributed by atoms with van der Waals surface area (Å²) in [5.41, 5.74) is 5.46. The van der Waals surface area contributed by atoms with E-state index in [0.717, 1.165) is 17.7 Å². The molecule has 2 aromatic rings. The van der Waals surface area contributed by atoms with E-state index in [-0.39, 0.29) is 18.0 Å². The summed E-state index contributed by atoms with van der Waals surface area (Å²) in [6.07, 6.45) is -4.45. The molecule has 0 spiro atoms. The van der Waals surface area contributed by atoms with Crippen LogP contribution in [0.5, 0.6) is 11.5 Å². The second kappa shape index (κ2) is 5.95. The number of methoxy groups -OCH3 is 1. The van der Waals surface area contributed by atoms with Crippen LogP contribution in [0.3, 0.4) is 0 Å². The van der Waals surface area contributed by atoms with Crippen molar-refractivity contribution in [3.8, 4) is 11.5 Å². The van der Waals surface area contributed by atoms with Gasteiger partial charge >= 0.3 is 6.18 Å². The highest BCUT2D eigenvalue weighted by Gasteiger charge is 2.31. The molecule has 0 heterocycles. The molecule has 2 aromatic carbocycles. The molecular formula is C15H14F3NO2. The van der Waals surface area contributed by atoms with E-state index in [1.165, 1.54) is 6.07 Å². The quantitative estimate of drug-likeness (QED) is 0.871. The molecule has 0 saturated carbocycles. The first-order chi connectivity index (χ1) is 9.88. The van der Waals surface area contributed by atoms with Crippen molar-refractivity contribution < 1.29 is 22.6 Å². The van der Waals surface area contributed by atoms with Crippen LogP contribution in [0.15, 0.2) is 42.5 Å². The van der Waals surface area contributed by atoms with Gasteiger partial charge in [0.05, 0.1) is 12.7 Å². The normalized spacial score (nSPS) is 11.2. The molecular weight excluding hydrogens is 283 g/mol. The highest BCUT2D eigenvalue weighted by atomic mass is 19.4. The summed E-state index contributed by atoms with van der Waals surface area (Å²) in [6, 6.07) is 10.2. The van der Waals surface area contributed by atoms with Crippen LogP contribution in [-0.2, 0) is 12.8 Å². The maximum absolute atomic E-state index is 12.7. The second-order valence-electron chi connectivity index (χ2n) is 4.43. The average Bonchev–Trinajstić information content (AvgIpc) is 2.44. The summed E-state index contributed by atoms with van der Waals surface area (Å²) in [5, 5.41) is 0. The van der Waals surface area contributed by atoms with Gasteiger partial charge in [0.15, 0.2) is 0 Å². The summed E-state index contributed by atoms with van der Waals surface area (Å²) in [5.74, 6) is 0.778. The van der Waals surface area contributed by atoms with Crippen LogP contribution in [0.25, 0.3) is 0 Å². The van der Waals surface area contributed by atoms with E-state index >= 15 is 0 Å². The highest BCUT2D eigenvalue weighted by molar-refractivity contribution is 5.48. The number of alkyl halides is 3. The minimum atomic E-state index is -4.45. The number of rotatable bonds is 4. The molecule has 0 unspecified atom stereocenters. The van der Waals surface area contributed by atoms with Crippen LogP contribution in [-0.4, -0.2) is 7.11 Å². The van der Waals surface area contributed by atoms with Gasteiger partial charge in [-0.2, -0.15) is 13.2 Å². The van der Waals surface area contributed by atoms with E-state index in [1.54, 1.807) is 31.4 Å². The molecule has 0 atom stereocenters. The molecule has 0 amide bonds. The van der Waals surface area contributed by atoms with E-state index in [9.17, 15) is 13.2 Å². The first-order valence-electron chi connectivity index (χ1n) is 6.12. The van der Waals surface area contributed by atoms with Crippen molar-refractivity contribution in [2.75, 3.05) is 12.8 Å². The Morgan fingerprint density at radius 1 is 1.00 bits per heavy atom. The molecule has 0 aliphatic heterocycles. The number of anilines is 1. The van der Waals surface area contributed by atoms with Gasteiger partial charge in [-0.3, -0.25) is 0 Å². The van der Waals surface area contributed by atoms with Crippen molar-refractivity contribution in [2.45, 2.75) is 12.8 Å². The topological polar surface area (TPSA) is 44.5 Å². The number of nitrogens with two attached hydrogens (primary N) is 1. The van der Waals surface area contributed by atoms with Gasteiger partial charge in [-0.05, 0) is 29.8 Å². The lowest BCUT2D eigenvalue weighted by atomic mass is 10.2. The van der Waals surface area contributed by atoms with Crippen LogP contribution in [0.1, 0.15) is 11.1 Å². The number of nitrogen functional groups attached to an aromatic ring is 1. The van der Waals surface area contributed by atoms with Gasteiger partial charge in [0.2, 0.25) is 0 Å². The molecule has 112 valence electrons. The Bertz CT molecular complexity index is 609. The molecule has 0 aliphatic rings. The molecule has 0 aliphatic carbocycles. The van der Waals surface area contributed by atoms with E-state index in [1.807, 2.05) is 0 Å². The number of hydrogen-bond acceptors (Lipinski definition) is 3. The third kappa shape index (κ3) is 4.05. The SMILES string of the molecule is COc1ccc(COc2cc(N)cc(C(F)(F)F)c2)cc1. The van der Waals surface area contributed by atoms with Gasteiger partial charge in [-0.25, -0.2) is 0 Å². The van der Waals surface area contributed by atoms with Crippen molar-refractivity contribution in [2.24, 2.45) is 0 Å². The molecule has 2 N–H and O–H groups in total. The monoisotopic (exact) mass is 297 g/mol. The Morgan fingerprint density at radius 2 is 1.67 bits per heavy atom. The summed E-state index contributed by atoms with van der Waals surface area (Å²) in [7, 11) is 1.55. The Kier molecular flexibility index (Phi) is 4.26. The average molecular weight is 297 g/mol. The summed E-state index contributed by atoms with van der Waals surface area (Å²) >= 11 is 0. The summed E-state index contributed by atoms with van der Waals surface area (Å²) in [4.78, 5) is 0. The molecule has 2 rings (SSSR count). The molecule has 0 saturated heterocycles. The molecule has 0 aromatic heterocycles. The van der Waals surface area contributed by atoms with E-state index in [4.69, 9.17) is 15.2 Å². The zero-order chi connectivity index (χ0) is 15.5. The molecule has 0 radical (unpaired) electrons. The second-order valence-corrected chi connectivity index (χ2v) is 4.43. The van der Waals surface area contributed by atoms with Crippen molar-refractivity contribution in [3.05, 3.63) is 53.6 Å². The van der Waals surface area contributed by atoms with Gasteiger partial charge in [0, 0.05) is 11.8 Å². The Balaban J connectivity index is 2.10. The van der Waals surface area contributed by atoms with Gasteiger partial charge in [0.1, 0.15) is 18.1 Å². The predicted molar refractivity (Wildman–Crippen MR) is 73.2 cm³/mol. The number of ether oxygens (including phenoxy) is 2. The van der Waals surface area contributed by atoms with E-state index < -0.39 is 11.7 Å². The Labute approximate surface area is 120 Å². The van der Waals surface area contributed by atoms with Gasteiger partial charge < -0.3 is 15.2 Å².